The molecule has 3 rings (SSSR count). The highest BCUT2D eigenvalue weighted by atomic mass is 35.5. The van der Waals surface area contributed by atoms with Crippen LogP contribution in [-0.2, 0) is 14.4 Å². The van der Waals surface area contributed by atoms with Crippen LogP contribution in [0, 0.1) is 0 Å². The molecule has 5 nitrogen and oxygen atoms in total. The summed E-state index contributed by atoms with van der Waals surface area (Å²) >= 11 is 7.16. The molecule has 0 bridgehead atoms. The van der Waals surface area contributed by atoms with E-state index in [0.29, 0.717) is 16.4 Å². The molecule has 2 aromatic carbocycles. The Morgan fingerprint density at radius 2 is 1.80 bits per heavy atom. The Hall–Kier alpha value is -2.31. The Labute approximate surface area is 154 Å². The molecule has 1 N–H and O–H groups in total. The number of rotatable bonds is 5. The molecule has 0 saturated carbocycles. The minimum Gasteiger partial charge on any atom is -0.324 e. The largest absolute Gasteiger partial charge is 0.324 e. The van der Waals surface area contributed by atoms with E-state index in [9.17, 15) is 14.4 Å². The predicted octanol–water partition coefficient (Wildman–Crippen LogP) is 3.34. The summed E-state index contributed by atoms with van der Waals surface area (Å²) in [6.45, 7) is 0. The maximum absolute atomic E-state index is 12.5. The lowest BCUT2D eigenvalue weighted by Crippen LogP contribution is -2.31. The van der Waals surface area contributed by atoms with Crippen LogP contribution in [0.2, 0.25) is 5.02 Å². The molecule has 25 heavy (non-hydrogen) atoms. The maximum Gasteiger partial charge on any atom is 0.247 e. The van der Waals surface area contributed by atoms with Crippen LogP contribution in [0.25, 0.3) is 0 Å². The zero-order valence-corrected chi connectivity index (χ0v) is 14.7. The van der Waals surface area contributed by atoms with Crippen molar-refractivity contribution in [2.24, 2.45) is 0 Å². The number of nitrogens with one attached hydrogen (secondary N) is 1. The van der Waals surface area contributed by atoms with Crippen molar-refractivity contribution in [3.05, 3.63) is 59.6 Å². The van der Waals surface area contributed by atoms with Crippen molar-refractivity contribution in [2.45, 2.75) is 11.7 Å². The van der Waals surface area contributed by atoms with E-state index in [1.165, 1.54) is 4.90 Å². The van der Waals surface area contributed by atoms with Crippen LogP contribution in [-0.4, -0.2) is 28.7 Å². The second-order valence-electron chi connectivity index (χ2n) is 5.43. The zero-order valence-electron chi connectivity index (χ0n) is 13.1. The summed E-state index contributed by atoms with van der Waals surface area (Å²) in [5.74, 6) is -0.735. The molecule has 2 aromatic rings. The number of amides is 3. The van der Waals surface area contributed by atoms with Crippen molar-refractivity contribution < 1.29 is 14.4 Å². The topological polar surface area (TPSA) is 66.5 Å². The number of hydrogen-bond donors (Lipinski definition) is 1. The molecule has 1 aliphatic heterocycles. The fraction of sp³-hybridized carbons (Fsp3) is 0.167. The van der Waals surface area contributed by atoms with Crippen LogP contribution in [0.3, 0.4) is 0 Å². The van der Waals surface area contributed by atoms with Gasteiger partial charge in [-0.05, 0) is 24.3 Å². The second kappa shape index (κ2) is 7.72. The first-order valence-corrected chi connectivity index (χ1v) is 9.07. The van der Waals surface area contributed by atoms with E-state index < -0.39 is 5.25 Å². The van der Waals surface area contributed by atoms with Crippen molar-refractivity contribution >= 4 is 52.5 Å². The molecular formula is C18H15ClN2O3S. The number of imide groups is 1. The number of carbonyl (C=O) groups excluding carboxylic acids is 3. The molecule has 7 heteroatoms. The summed E-state index contributed by atoms with van der Waals surface area (Å²) in [5, 5.41) is 2.60. The van der Waals surface area contributed by atoms with Crippen molar-refractivity contribution in [3.63, 3.8) is 0 Å². The predicted molar refractivity (Wildman–Crippen MR) is 99.9 cm³/mol. The van der Waals surface area contributed by atoms with Gasteiger partial charge in [0.05, 0.1) is 27.4 Å². The average molecular weight is 375 g/mol. The second-order valence-corrected chi connectivity index (χ2v) is 7.03. The SMILES string of the molecule is O=C(CSC1CC(=O)N(c2ccccc2)C1=O)Nc1ccccc1Cl. The minimum absolute atomic E-state index is 0.0670. The molecule has 0 spiro atoms. The summed E-state index contributed by atoms with van der Waals surface area (Å²) in [5.41, 5.74) is 1.08. The summed E-state index contributed by atoms with van der Waals surface area (Å²) in [6, 6.07) is 15.7. The van der Waals surface area contributed by atoms with Gasteiger partial charge in [0.1, 0.15) is 0 Å². The van der Waals surface area contributed by atoms with Gasteiger partial charge in [0.2, 0.25) is 17.7 Å². The third kappa shape index (κ3) is 4.03. The van der Waals surface area contributed by atoms with E-state index >= 15 is 0 Å². The van der Waals surface area contributed by atoms with E-state index in [2.05, 4.69) is 5.32 Å². The lowest BCUT2D eigenvalue weighted by molar-refractivity contribution is -0.121. The van der Waals surface area contributed by atoms with Gasteiger partial charge in [-0.3, -0.25) is 14.4 Å². The quantitative estimate of drug-likeness (QED) is 0.815. The Bertz CT molecular complexity index is 813. The first-order valence-electron chi connectivity index (χ1n) is 7.64. The molecule has 128 valence electrons. The van der Waals surface area contributed by atoms with Gasteiger partial charge in [0, 0.05) is 6.42 Å². The Morgan fingerprint density at radius 3 is 2.52 bits per heavy atom. The van der Waals surface area contributed by atoms with Gasteiger partial charge in [-0.25, -0.2) is 4.90 Å². The highest BCUT2D eigenvalue weighted by Gasteiger charge is 2.39. The fourth-order valence-electron chi connectivity index (χ4n) is 2.51. The van der Waals surface area contributed by atoms with E-state index in [1.54, 1.807) is 48.5 Å². The van der Waals surface area contributed by atoms with E-state index in [0.717, 1.165) is 11.8 Å². The molecule has 0 aromatic heterocycles. The van der Waals surface area contributed by atoms with Crippen LogP contribution in [0.4, 0.5) is 11.4 Å². The molecule has 1 heterocycles. The number of benzene rings is 2. The number of hydrogen-bond acceptors (Lipinski definition) is 4. The van der Waals surface area contributed by atoms with E-state index in [4.69, 9.17) is 11.6 Å². The van der Waals surface area contributed by atoms with Gasteiger partial charge < -0.3 is 5.32 Å². The van der Waals surface area contributed by atoms with Crippen molar-refractivity contribution in [3.8, 4) is 0 Å². The lowest BCUT2D eigenvalue weighted by atomic mass is 10.3. The van der Waals surface area contributed by atoms with Crippen LogP contribution in [0.5, 0.6) is 0 Å². The van der Waals surface area contributed by atoms with Gasteiger partial charge in [-0.1, -0.05) is 41.9 Å². The number of carbonyl (C=O) groups is 3. The molecule has 3 amide bonds. The monoisotopic (exact) mass is 374 g/mol. The van der Waals surface area contributed by atoms with Crippen molar-refractivity contribution in [2.75, 3.05) is 16.0 Å². The highest BCUT2D eigenvalue weighted by Crippen LogP contribution is 2.29. The Kier molecular flexibility index (Phi) is 5.40. The number of nitrogens with zero attached hydrogens (tertiary/aromatic N) is 1. The molecule has 1 atom stereocenters. The van der Waals surface area contributed by atoms with E-state index in [-0.39, 0.29) is 29.9 Å². The molecule has 0 radical (unpaired) electrons. The van der Waals surface area contributed by atoms with Crippen molar-refractivity contribution in [1.29, 1.82) is 0 Å². The standard InChI is InChI=1S/C18H15ClN2O3S/c19-13-8-4-5-9-14(13)20-16(22)11-25-15-10-17(23)21(18(15)24)12-6-2-1-3-7-12/h1-9,15H,10-11H2,(H,20,22). The third-order valence-electron chi connectivity index (χ3n) is 3.68. The average Bonchev–Trinajstić information content (AvgIpc) is 2.89. The first-order chi connectivity index (χ1) is 12.1. The van der Waals surface area contributed by atoms with Crippen LogP contribution in [0.1, 0.15) is 6.42 Å². The van der Waals surface area contributed by atoms with Gasteiger partial charge in [-0.2, -0.15) is 0 Å². The summed E-state index contributed by atoms with van der Waals surface area (Å²) in [6.07, 6.45) is 0.0950. The number of para-hydroxylation sites is 2. The van der Waals surface area contributed by atoms with Crippen LogP contribution >= 0.6 is 23.4 Å². The smallest absolute Gasteiger partial charge is 0.247 e. The summed E-state index contributed by atoms with van der Waals surface area (Å²) in [4.78, 5) is 37.9. The number of halogens is 1. The molecule has 1 unspecified atom stereocenters. The van der Waals surface area contributed by atoms with Gasteiger partial charge in [-0.15, -0.1) is 11.8 Å². The Balaban J connectivity index is 1.59. The molecular weight excluding hydrogens is 360 g/mol. The van der Waals surface area contributed by atoms with E-state index in [1.807, 2.05) is 6.07 Å². The molecule has 1 fully saturated rings. The fourth-order valence-corrected chi connectivity index (χ4v) is 3.62. The summed E-state index contributed by atoms with van der Waals surface area (Å²) < 4.78 is 0. The first kappa shape index (κ1) is 17.5. The van der Waals surface area contributed by atoms with Gasteiger partial charge in [0.25, 0.3) is 0 Å². The maximum atomic E-state index is 12.5. The van der Waals surface area contributed by atoms with Gasteiger partial charge in [0.15, 0.2) is 0 Å². The Morgan fingerprint density at radius 1 is 1.12 bits per heavy atom. The highest BCUT2D eigenvalue weighted by molar-refractivity contribution is 8.01. The molecule has 1 saturated heterocycles. The molecule has 1 aliphatic rings. The number of anilines is 2. The van der Waals surface area contributed by atoms with Crippen molar-refractivity contribution in [1.82, 2.24) is 0 Å². The lowest BCUT2D eigenvalue weighted by Gasteiger charge is -2.14. The zero-order chi connectivity index (χ0) is 17.8. The molecule has 0 aliphatic carbocycles. The van der Waals surface area contributed by atoms with Gasteiger partial charge >= 0.3 is 0 Å². The van der Waals surface area contributed by atoms with Crippen LogP contribution in [0.15, 0.2) is 54.6 Å². The van der Waals surface area contributed by atoms with Crippen LogP contribution < -0.4 is 10.2 Å². The number of thioether (sulfide) groups is 1. The minimum atomic E-state index is -0.551. The summed E-state index contributed by atoms with van der Waals surface area (Å²) in [7, 11) is 0. The third-order valence-corrected chi connectivity index (χ3v) is 5.21. The normalized spacial score (nSPS) is 17.0.